The number of allylic oxidation sites excluding steroid dienone is 6. The van der Waals surface area contributed by atoms with Gasteiger partial charge in [0, 0.05) is 0 Å². The Morgan fingerprint density at radius 2 is 1.00 bits per heavy atom. The van der Waals surface area contributed by atoms with Crippen molar-refractivity contribution in [3.63, 3.8) is 0 Å². The summed E-state index contributed by atoms with van der Waals surface area (Å²) in [4.78, 5) is 0. The van der Waals surface area contributed by atoms with Gasteiger partial charge in [-0.25, -0.2) is 0 Å². The maximum Gasteiger partial charge on any atom is -0.0623 e. The van der Waals surface area contributed by atoms with Crippen molar-refractivity contribution in [2.45, 2.75) is 13.8 Å². The molecular weight excluding hydrogens is 120 g/mol. The lowest BCUT2D eigenvalue weighted by atomic mass is 10.4. The molecule has 0 fully saturated rings. The molecule has 0 heterocycles. The van der Waals surface area contributed by atoms with E-state index in [1.165, 1.54) is 0 Å². The van der Waals surface area contributed by atoms with Crippen molar-refractivity contribution in [2.24, 2.45) is 0 Å². The van der Waals surface area contributed by atoms with E-state index in [2.05, 4.69) is 13.2 Å². The van der Waals surface area contributed by atoms with Gasteiger partial charge in [-0.2, -0.15) is 0 Å². The van der Waals surface area contributed by atoms with Crippen LogP contribution in [0, 0.1) is 0 Å². The zero-order chi connectivity index (χ0) is 8.24. The monoisotopic (exact) mass is 136 g/mol. The fourth-order valence-electron chi connectivity index (χ4n) is 0.285. The summed E-state index contributed by atoms with van der Waals surface area (Å²) < 4.78 is 0. The van der Waals surface area contributed by atoms with Crippen LogP contribution in [0.2, 0.25) is 0 Å². The maximum atomic E-state index is 3.51. The molecule has 0 bridgehead atoms. The lowest BCUT2D eigenvalue weighted by Gasteiger charge is -1.67. The molecule has 0 spiro atoms. The first-order valence-corrected chi connectivity index (χ1v) is 3.48. The number of hydrogen-bond acceptors (Lipinski definition) is 0. The maximum absolute atomic E-state index is 3.51. The van der Waals surface area contributed by atoms with Crippen LogP contribution < -0.4 is 0 Å². The molecule has 0 amide bonds. The Labute approximate surface area is 64.3 Å². The molecule has 10 heavy (non-hydrogen) atoms. The van der Waals surface area contributed by atoms with Crippen LogP contribution in [0.1, 0.15) is 13.8 Å². The molecule has 0 saturated heterocycles. The average Bonchev–Trinajstić information content (AvgIpc) is 2.02. The highest BCUT2D eigenvalue weighted by atomic mass is 13.6. The van der Waals surface area contributed by atoms with Crippen molar-refractivity contribution >= 4 is 0 Å². The molecule has 0 aliphatic carbocycles. The van der Waals surface area contributed by atoms with Crippen molar-refractivity contribution in [2.75, 3.05) is 0 Å². The van der Waals surface area contributed by atoms with Crippen molar-refractivity contribution in [1.29, 1.82) is 0 Å². The van der Waals surface area contributed by atoms with E-state index in [1.54, 1.807) is 12.2 Å². The molecule has 0 saturated carbocycles. The van der Waals surface area contributed by atoms with Gasteiger partial charge in [-0.15, -0.1) is 0 Å². The van der Waals surface area contributed by atoms with Crippen molar-refractivity contribution in [3.8, 4) is 0 Å². The minimum Gasteiger partial charge on any atom is -0.0991 e. The van der Waals surface area contributed by atoms with Crippen molar-refractivity contribution in [3.05, 3.63) is 49.6 Å². The topological polar surface area (TPSA) is 0 Å². The quantitative estimate of drug-likeness (QED) is 0.521. The van der Waals surface area contributed by atoms with Gasteiger partial charge in [-0.1, -0.05) is 63.5 Å². The Morgan fingerprint density at radius 3 is 1.20 bits per heavy atom. The van der Waals surface area contributed by atoms with Crippen LogP contribution in [0.25, 0.3) is 0 Å². The fraction of sp³-hybridized carbons (Fsp3) is 0.200. The predicted molar refractivity (Wildman–Crippen MR) is 50.0 cm³/mol. The SMILES string of the molecule is C=C/C=C\C=C\C=C.CC. The van der Waals surface area contributed by atoms with E-state index in [9.17, 15) is 0 Å². The van der Waals surface area contributed by atoms with Crippen molar-refractivity contribution < 1.29 is 0 Å². The first-order valence-electron chi connectivity index (χ1n) is 3.48. The number of rotatable bonds is 3. The van der Waals surface area contributed by atoms with Gasteiger partial charge in [0.15, 0.2) is 0 Å². The van der Waals surface area contributed by atoms with Gasteiger partial charge in [0.05, 0.1) is 0 Å². The van der Waals surface area contributed by atoms with E-state index in [4.69, 9.17) is 0 Å². The van der Waals surface area contributed by atoms with E-state index in [1.807, 2.05) is 38.2 Å². The smallest absolute Gasteiger partial charge is 0.0623 e. The van der Waals surface area contributed by atoms with Gasteiger partial charge in [0.25, 0.3) is 0 Å². The van der Waals surface area contributed by atoms with Crippen LogP contribution >= 0.6 is 0 Å². The molecule has 0 heteroatoms. The summed E-state index contributed by atoms with van der Waals surface area (Å²) in [5.74, 6) is 0. The van der Waals surface area contributed by atoms with E-state index < -0.39 is 0 Å². The summed E-state index contributed by atoms with van der Waals surface area (Å²) in [6, 6.07) is 0. The van der Waals surface area contributed by atoms with Gasteiger partial charge in [0.2, 0.25) is 0 Å². The molecule has 0 aromatic heterocycles. The normalized spacial score (nSPS) is 9.00. The van der Waals surface area contributed by atoms with Crippen LogP contribution in [-0.4, -0.2) is 0 Å². The summed E-state index contributed by atoms with van der Waals surface area (Å²) in [7, 11) is 0. The first kappa shape index (κ1) is 11.7. The van der Waals surface area contributed by atoms with Crippen LogP contribution in [-0.2, 0) is 0 Å². The second-order valence-corrected chi connectivity index (χ2v) is 1.24. The molecule has 0 N–H and O–H groups in total. The molecule has 0 nitrogen and oxygen atoms in total. The van der Waals surface area contributed by atoms with Gasteiger partial charge in [0.1, 0.15) is 0 Å². The van der Waals surface area contributed by atoms with Gasteiger partial charge >= 0.3 is 0 Å². The molecular formula is C10H16. The highest BCUT2D eigenvalue weighted by molar-refractivity contribution is 5.12. The average molecular weight is 136 g/mol. The van der Waals surface area contributed by atoms with Crippen LogP contribution in [0.3, 0.4) is 0 Å². The molecule has 56 valence electrons. The van der Waals surface area contributed by atoms with Crippen LogP contribution in [0.4, 0.5) is 0 Å². The second kappa shape index (κ2) is 15.7. The lowest BCUT2D eigenvalue weighted by Crippen LogP contribution is -1.45. The standard InChI is InChI=1S/C8H10.C2H6/c1-3-5-7-8-6-4-2;1-2/h3-8H,1-2H2;1-2H3/b7-5-,8-6+;. The fourth-order valence-corrected chi connectivity index (χ4v) is 0.285. The number of hydrogen-bond donors (Lipinski definition) is 0. The van der Waals surface area contributed by atoms with Gasteiger partial charge in [-0.05, 0) is 0 Å². The highest BCUT2D eigenvalue weighted by Crippen LogP contribution is 1.76. The molecule has 0 atom stereocenters. The van der Waals surface area contributed by atoms with Crippen LogP contribution in [0.5, 0.6) is 0 Å². The van der Waals surface area contributed by atoms with Gasteiger partial charge < -0.3 is 0 Å². The Morgan fingerprint density at radius 1 is 0.700 bits per heavy atom. The molecule has 0 aromatic carbocycles. The molecule has 0 rings (SSSR count). The third-order valence-corrected chi connectivity index (χ3v) is 0.605. The van der Waals surface area contributed by atoms with Crippen LogP contribution in [0.15, 0.2) is 49.6 Å². The molecule has 0 radical (unpaired) electrons. The minimum absolute atomic E-state index is 1.73. The van der Waals surface area contributed by atoms with E-state index >= 15 is 0 Å². The van der Waals surface area contributed by atoms with Gasteiger partial charge in [-0.3, -0.25) is 0 Å². The molecule has 0 unspecified atom stereocenters. The first-order chi connectivity index (χ1) is 4.91. The Bertz CT molecular complexity index is 100. The van der Waals surface area contributed by atoms with E-state index in [0.29, 0.717) is 0 Å². The molecule has 0 aromatic rings. The summed E-state index contributed by atoms with van der Waals surface area (Å²) in [6.45, 7) is 11.0. The third-order valence-electron chi connectivity index (χ3n) is 0.605. The highest BCUT2D eigenvalue weighted by Gasteiger charge is 1.54. The van der Waals surface area contributed by atoms with E-state index in [0.717, 1.165) is 0 Å². The Balaban J connectivity index is 0. The summed E-state index contributed by atoms with van der Waals surface area (Å²) >= 11 is 0. The predicted octanol–water partition coefficient (Wildman–Crippen LogP) is 3.50. The third kappa shape index (κ3) is 15.8. The molecule has 0 aliphatic heterocycles. The lowest BCUT2D eigenvalue weighted by molar-refractivity contribution is 1.50. The van der Waals surface area contributed by atoms with E-state index in [-0.39, 0.29) is 0 Å². The summed E-state index contributed by atoms with van der Waals surface area (Å²) in [5.41, 5.74) is 0. The zero-order valence-corrected chi connectivity index (χ0v) is 6.88. The largest absolute Gasteiger partial charge is 0.0991 e. The summed E-state index contributed by atoms with van der Waals surface area (Å²) in [6.07, 6.45) is 11.0. The second-order valence-electron chi connectivity index (χ2n) is 1.24. The van der Waals surface area contributed by atoms with Crippen molar-refractivity contribution in [1.82, 2.24) is 0 Å². The Kier molecular flexibility index (Phi) is 18.4. The minimum atomic E-state index is 1.73. The Hall–Kier alpha value is -1.04. The molecule has 0 aliphatic rings. The zero-order valence-electron chi connectivity index (χ0n) is 6.88. The summed E-state index contributed by atoms with van der Waals surface area (Å²) in [5, 5.41) is 0.